The van der Waals surface area contributed by atoms with Crippen molar-refractivity contribution in [3.05, 3.63) is 0 Å². The average molecular weight is 233 g/mol. The maximum Gasteiger partial charge on any atom is 0.322 e. The first-order valence-electron chi connectivity index (χ1n) is 4.46. The molecule has 0 heterocycles. The van der Waals surface area contributed by atoms with Gasteiger partial charge in [-0.25, -0.2) is 8.42 Å². The second-order valence-electron chi connectivity index (χ2n) is 2.87. The van der Waals surface area contributed by atoms with Crippen molar-refractivity contribution < 1.29 is 17.9 Å². The number of terminal acetylenes is 1. The third-order valence-electron chi connectivity index (χ3n) is 1.66. The Labute approximate surface area is 90.5 Å². The summed E-state index contributed by atoms with van der Waals surface area (Å²) in [6, 6.07) is 0. The lowest BCUT2D eigenvalue weighted by atomic mass is 10.5. The van der Waals surface area contributed by atoms with E-state index in [0.29, 0.717) is 13.0 Å². The summed E-state index contributed by atoms with van der Waals surface area (Å²) < 4.78 is 28.6. The van der Waals surface area contributed by atoms with Gasteiger partial charge < -0.3 is 4.74 Å². The molecule has 0 saturated heterocycles. The standard InChI is InChI=1S/C9H15NO4S/c1-4-6-10(7-5-2)15(12,13)8-9(11)14-3/h1H,5-8H2,2-3H3. The predicted molar refractivity (Wildman–Crippen MR) is 56.5 cm³/mol. The van der Waals surface area contributed by atoms with E-state index in [0.717, 1.165) is 11.4 Å². The van der Waals surface area contributed by atoms with E-state index in [-0.39, 0.29) is 6.54 Å². The summed E-state index contributed by atoms with van der Waals surface area (Å²) >= 11 is 0. The fourth-order valence-electron chi connectivity index (χ4n) is 0.967. The molecule has 0 aromatic rings. The maximum atomic E-state index is 11.6. The summed E-state index contributed by atoms with van der Waals surface area (Å²) in [6.45, 7) is 2.12. The zero-order valence-corrected chi connectivity index (χ0v) is 9.71. The molecule has 0 rings (SSSR count). The maximum absolute atomic E-state index is 11.6. The third kappa shape index (κ3) is 4.81. The Kier molecular flexibility index (Phi) is 5.97. The number of nitrogens with zero attached hydrogens (tertiary/aromatic N) is 1. The molecular formula is C9H15NO4S. The Bertz CT molecular complexity index is 342. The molecule has 0 aliphatic rings. The van der Waals surface area contributed by atoms with Gasteiger partial charge in [0.05, 0.1) is 13.7 Å². The summed E-state index contributed by atoms with van der Waals surface area (Å²) in [7, 11) is -2.50. The molecule has 6 heteroatoms. The van der Waals surface area contributed by atoms with Crippen LogP contribution in [-0.4, -0.2) is 44.6 Å². The quantitative estimate of drug-likeness (QED) is 0.472. The van der Waals surface area contributed by atoms with Crippen molar-refractivity contribution in [3.63, 3.8) is 0 Å². The van der Waals surface area contributed by atoms with Crippen molar-refractivity contribution in [2.45, 2.75) is 13.3 Å². The summed E-state index contributed by atoms with van der Waals surface area (Å²) in [5.41, 5.74) is 0. The fraction of sp³-hybridized carbons (Fsp3) is 0.667. The zero-order chi connectivity index (χ0) is 11.9. The molecule has 86 valence electrons. The predicted octanol–water partition coefficient (Wildman–Crippen LogP) is -0.166. The minimum Gasteiger partial charge on any atom is -0.468 e. The number of esters is 1. The Balaban J connectivity index is 4.65. The minimum atomic E-state index is -3.64. The first-order valence-corrected chi connectivity index (χ1v) is 6.07. The van der Waals surface area contributed by atoms with Gasteiger partial charge in [0.2, 0.25) is 10.0 Å². The van der Waals surface area contributed by atoms with E-state index in [9.17, 15) is 13.2 Å². The van der Waals surface area contributed by atoms with Gasteiger partial charge in [0, 0.05) is 6.54 Å². The molecule has 0 atom stereocenters. The van der Waals surface area contributed by atoms with Crippen LogP contribution in [0.5, 0.6) is 0 Å². The van der Waals surface area contributed by atoms with Crippen molar-refractivity contribution >= 4 is 16.0 Å². The van der Waals surface area contributed by atoms with E-state index in [1.165, 1.54) is 0 Å². The molecule has 0 saturated carbocycles. The molecule has 0 radical (unpaired) electrons. The van der Waals surface area contributed by atoms with Gasteiger partial charge >= 0.3 is 5.97 Å². The number of ether oxygens (including phenoxy) is 1. The van der Waals surface area contributed by atoms with E-state index in [1.807, 2.05) is 6.92 Å². The van der Waals surface area contributed by atoms with Gasteiger partial charge in [0.25, 0.3) is 0 Å². The molecule has 15 heavy (non-hydrogen) atoms. The summed E-state index contributed by atoms with van der Waals surface area (Å²) in [5.74, 6) is 0.799. The van der Waals surface area contributed by atoms with Crippen LogP contribution < -0.4 is 0 Å². The number of sulfonamides is 1. The molecule has 0 spiro atoms. The van der Waals surface area contributed by atoms with Crippen molar-refractivity contribution in [2.75, 3.05) is 26.0 Å². The van der Waals surface area contributed by atoms with Crippen LogP contribution in [0.15, 0.2) is 0 Å². The Morgan fingerprint density at radius 2 is 2.13 bits per heavy atom. The van der Waals surface area contributed by atoms with E-state index in [4.69, 9.17) is 6.42 Å². The van der Waals surface area contributed by atoms with Crippen LogP contribution in [0.25, 0.3) is 0 Å². The average Bonchev–Trinajstić information content (AvgIpc) is 2.16. The van der Waals surface area contributed by atoms with Gasteiger partial charge in [-0.15, -0.1) is 6.42 Å². The molecule has 0 N–H and O–H groups in total. The summed E-state index contributed by atoms with van der Waals surface area (Å²) in [5, 5.41) is 0. The lowest BCUT2D eigenvalue weighted by Crippen LogP contribution is -2.36. The van der Waals surface area contributed by atoms with Crippen LogP contribution >= 0.6 is 0 Å². The number of hydrogen-bond acceptors (Lipinski definition) is 4. The molecule has 0 bridgehead atoms. The summed E-state index contributed by atoms with van der Waals surface area (Å²) in [4.78, 5) is 10.9. The highest BCUT2D eigenvalue weighted by Crippen LogP contribution is 2.02. The van der Waals surface area contributed by atoms with Crippen LogP contribution in [0, 0.1) is 12.3 Å². The highest BCUT2D eigenvalue weighted by Gasteiger charge is 2.24. The molecule has 0 aromatic heterocycles. The van der Waals surface area contributed by atoms with Gasteiger partial charge in [-0.05, 0) is 6.42 Å². The Morgan fingerprint density at radius 1 is 1.53 bits per heavy atom. The molecule has 0 fully saturated rings. The van der Waals surface area contributed by atoms with E-state index >= 15 is 0 Å². The van der Waals surface area contributed by atoms with Crippen molar-refractivity contribution in [2.24, 2.45) is 0 Å². The smallest absolute Gasteiger partial charge is 0.322 e. The third-order valence-corrected chi connectivity index (χ3v) is 3.36. The largest absolute Gasteiger partial charge is 0.468 e. The second-order valence-corrected chi connectivity index (χ2v) is 4.84. The van der Waals surface area contributed by atoms with Gasteiger partial charge in [0.1, 0.15) is 0 Å². The van der Waals surface area contributed by atoms with Gasteiger partial charge in [-0.3, -0.25) is 4.79 Å². The SMILES string of the molecule is C#CCN(CCC)S(=O)(=O)CC(=O)OC. The molecule has 5 nitrogen and oxygen atoms in total. The zero-order valence-electron chi connectivity index (χ0n) is 8.89. The number of rotatable bonds is 6. The molecule has 0 aliphatic heterocycles. The molecule has 0 aromatic carbocycles. The molecule has 0 unspecified atom stereocenters. The van der Waals surface area contributed by atoms with Gasteiger partial charge in [-0.1, -0.05) is 12.8 Å². The highest BCUT2D eigenvalue weighted by atomic mass is 32.2. The second kappa shape index (κ2) is 6.43. The fourth-order valence-corrected chi connectivity index (χ4v) is 2.30. The van der Waals surface area contributed by atoms with E-state index in [2.05, 4.69) is 10.7 Å². The monoisotopic (exact) mass is 233 g/mol. The Morgan fingerprint density at radius 3 is 2.53 bits per heavy atom. The summed E-state index contributed by atoms with van der Waals surface area (Å²) in [6.07, 6.45) is 5.69. The molecular weight excluding hydrogens is 218 g/mol. The number of methoxy groups -OCH3 is 1. The number of hydrogen-bond donors (Lipinski definition) is 0. The van der Waals surface area contributed by atoms with E-state index in [1.54, 1.807) is 0 Å². The first-order chi connectivity index (χ1) is 6.97. The highest BCUT2D eigenvalue weighted by molar-refractivity contribution is 7.89. The number of carbonyl (C=O) groups excluding carboxylic acids is 1. The Hall–Kier alpha value is -1.06. The van der Waals surface area contributed by atoms with Crippen molar-refractivity contribution in [1.82, 2.24) is 4.31 Å². The first kappa shape index (κ1) is 13.9. The van der Waals surface area contributed by atoms with Crippen molar-refractivity contribution in [1.29, 1.82) is 0 Å². The molecule has 0 amide bonds. The van der Waals surface area contributed by atoms with Crippen LogP contribution in [0.1, 0.15) is 13.3 Å². The van der Waals surface area contributed by atoms with Crippen molar-refractivity contribution in [3.8, 4) is 12.3 Å². The lowest BCUT2D eigenvalue weighted by molar-refractivity contribution is -0.137. The normalized spacial score (nSPS) is 11.1. The lowest BCUT2D eigenvalue weighted by Gasteiger charge is -2.17. The number of carbonyl (C=O) groups is 1. The van der Waals surface area contributed by atoms with Gasteiger partial charge in [-0.2, -0.15) is 4.31 Å². The van der Waals surface area contributed by atoms with Crippen LogP contribution in [-0.2, 0) is 19.6 Å². The van der Waals surface area contributed by atoms with Gasteiger partial charge in [0.15, 0.2) is 5.75 Å². The minimum absolute atomic E-state index is 0.0207. The topological polar surface area (TPSA) is 63.7 Å². The van der Waals surface area contributed by atoms with E-state index < -0.39 is 21.7 Å². The van der Waals surface area contributed by atoms with Crippen LogP contribution in [0.4, 0.5) is 0 Å². The van der Waals surface area contributed by atoms with Crippen LogP contribution in [0.2, 0.25) is 0 Å². The van der Waals surface area contributed by atoms with Crippen LogP contribution in [0.3, 0.4) is 0 Å². The molecule has 0 aliphatic carbocycles.